The number of ether oxygens (including phenoxy) is 1. The second kappa shape index (κ2) is 5.39. The zero-order valence-electron chi connectivity index (χ0n) is 9.22. The van der Waals surface area contributed by atoms with Crippen molar-refractivity contribution in [2.45, 2.75) is 44.8 Å². The van der Waals surface area contributed by atoms with Crippen LogP contribution in [0.15, 0.2) is 18.2 Å². The SMILES string of the molecule is Fc1ccc(COC2CCCCC2)cc1F. The number of hydrogen-bond acceptors (Lipinski definition) is 1. The van der Waals surface area contributed by atoms with Gasteiger partial charge in [-0.15, -0.1) is 0 Å². The molecule has 1 aliphatic carbocycles. The topological polar surface area (TPSA) is 9.23 Å². The highest BCUT2D eigenvalue weighted by molar-refractivity contribution is 5.16. The van der Waals surface area contributed by atoms with E-state index in [1.165, 1.54) is 25.3 Å². The highest BCUT2D eigenvalue weighted by Crippen LogP contribution is 2.21. The van der Waals surface area contributed by atoms with Gasteiger partial charge in [0.15, 0.2) is 11.6 Å². The predicted octanol–water partition coefficient (Wildman–Crippen LogP) is 3.81. The minimum atomic E-state index is -0.804. The first-order valence-electron chi connectivity index (χ1n) is 5.81. The van der Waals surface area contributed by atoms with Crippen molar-refractivity contribution in [1.82, 2.24) is 0 Å². The molecule has 0 heterocycles. The number of halogens is 2. The summed E-state index contributed by atoms with van der Waals surface area (Å²) in [5.74, 6) is -1.61. The lowest BCUT2D eigenvalue weighted by atomic mass is 9.98. The van der Waals surface area contributed by atoms with Gasteiger partial charge >= 0.3 is 0 Å². The van der Waals surface area contributed by atoms with Gasteiger partial charge in [-0.1, -0.05) is 25.3 Å². The van der Waals surface area contributed by atoms with Crippen LogP contribution in [0.1, 0.15) is 37.7 Å². The van der Waals surface area contributed by atoms with Gasteiger partial charge in [-0.25, -0.2) is 8.78 Å². The average Bonchev–Trinajstić information content (AvgIpc) is 2.32. The Labute approximate surface area is 94.4 Å². The van der Waals surface area contributed by atoms with Crippen LogP contribution in [0, 0.1) is 11.6 Å². The lowest BCUT2D eigenvalue weighted by Gasteiger charge is -2.21. The molecule has 88 valence electrons. The maximum absolute atomic E-state index is 12.9. The van der Waals surface area contributed by atoms with Crippen LogP contribution in [0.3, 0.4) is 0 Å². The molecule has 1 saturated carbocycles. The summed E-state index contributed by atoms with van der Waals surface area (Å²) in [5.41, 5.74) is 0.699. The fraction of sp³-hybridized carbons (Fsp3) is 0.538. The fourth-order valence-corrected chi connectivity index (χ4v) is 2.08. The van der Waals surface area contributed by atoms with E-state index in [0.29, 0.717) is 18.3 Å². The molecule has 1 fully saturated rings. The highest BCUT2D eigenvalue weighted by Gasteiger charge is 2.13. The molecule has 16 heavy (non-hydrogen) atoms. The van der Waals surface area contributed by atoms with E-state index >= 15 is 0 Å². The summed E-state index contributed by atoms with van der Waals surface area (Å²) < 4.78 is 31.3. The van der Waals surface area contributed by atoms with Crippen LogP contribution in [0.4, 0.5) is 8.78 Å². The van der Waals surface area contributed by atoms with Gasteiger partial charge in [0.1, 0.15) is 0 Å². The molecule has 0 spiro atoms. The molecule has 1 aromatic rings. The standard InChI is InChI=1S/C13H16F2O/c14-12-7-6-10(8-13(12)15)9-16-11-4-2-1-3-5-11/h6-8,11H,1-5,9H2. The van der Waals surface area contributed by atoms with Crippen molar-refractivity contribution in [2.24, 2.45) is 0 Å². The molecule has 0 bridgehead atoms. The molecule has 0 aromatic heterocycles. The highest BCUT2D eigenvalue weighted by atomic mass is 19.2. The van der Waals surface area contributed by atoms with E-state index in [9.17, 15) is 8.78 Å². The van der Waals surface area contributed by atoms with E-state index in [2.05, 4.69) is 0 Å². The first-order valence-corrected chi connectivity index (χ1v) is 5.81. The molecule has 0 saturated heterocycles. The maximum Gasteiger partial charge on any atom is 0.159 e. The van der Waals surface area contributed by atoms with Crippen LogP contribution in [0.2, 0.25) is 0 Å². The summed E-state index contributed by atoms with van der Waals surface area (Å²) in [4.78, 5) is 0. The van der Waals surface area contributed by atoms with E-state index in [1.54, 1.807) is 6.07 Å². The van der Waals surface area contributed by atoms with E-state index in [0.717, 1.165) is 18.9 Å². The molecule has 1 nitrogen and oxygen atoms in total. The van der Waals surface area contributed by atoms with Crippen LogP contribution in [-0.2, 0) is 11.3 Å². The third-order valence-electron chi connectivity index (χ3n) is 3.02. The van der Waals surface area contributed by atoms with Crippen LogP contribution in [-0.4, -0.2) is 6.10 Å². The maximum atomic E-state index is 12.9. The van der Waals surface area contributed by atoms with Crippen molar-refractivity contribution >= 4 is 0 Å². The van der Waals surface area contributed by atoms with Gasteiger partial charge in [-0.05, 0) is 30.5 Å². The Balaban J connectivity index is 1.86. The molecule has 0 N–H and O–H groups in total. The molecule has 2 rings (SSSR count). The molecule has 1 aliphatic rings. The lowest BCUT2D eigenvalue weighted by Crippen LogP contribution is -2.16. The van der Waals surface area contributed by atoms with Crippen LogP contribution in [0.25, 0.3) is 0 Å². The molecule has 1 aromatic carbocycles. The Morgan fingerprint density at radius 2 is 1.81 bits per heavy atom. The van der Waals surface area contributed by atoms with E-state index in [4.69, 9.17) is 4.74 Å². The van der Waals surface area contributed by atoms with E-state index in [-0.39, 0.29) is 0 Å². The molecular weight excluding hydrogens is 210 g/mol. The summed E-state index contributed by atoms with van der Waals surface area (Å²) in [5, 5.41) is 0. The smallest absolute Gasteiger partial charge is 0.159 e. The van der Waals surface area contributed by atoms with Crippen molar-refractivity contribution in [3.63, 3.8) is 0 Å². The minimum absolute atomic E-state index is 0.293. The third kappa shape index (κ3) is 3.01. The second-order valence-electron chi connectivity index (χ2n) is 4.32. The van der Waals surface area contributed by atoms with Gasteiger partial charge < -0.3 is 4.74 Å². The number of rotatable bonds is 3. The monoisotopic (exact) mass is 226 g/mol. The van der Waals surface area contributed by atoms with Gasteiger partial charge in [0.2, 0.25) is 0 Å². The number of benzene rings is 1. The normalized spacial score (nSPS) is 17.6. The molecule has 0 radical (unpaired) electrons. The quantitative estimate of drug-likeness (QED) is 0.761. The van der Waals surface area contributed by atoms with Gasteiger partial charge in [-0.3, -0.25) is 0 Å². The minimum Gasteiger partial charge on any atom is -0.374 e. The van der Waals surface area contributed by atoms with Crippen LogP contribution >= 0.6 is 0 Å². The Morgan fingerprint density at radius 3 is 2.50 bits per heavy atom. The Morgan fingerprint density at radius 1 is 1.06 bits per heavy atom. The molecular formula is C13H16F2O. The average molecular weight is 226 g/mol. The fourth-order valence-electron chi connectivity index (χ4n) is 2.08. The van der Waals surface area contributed by atoms with Gasteiger partial charge in [0.05, 0.1) is 12.7 Å². The van der Waals surface area contributed by atoms with E-state index < -0.39 is 11.6 Å². The Bertz CT molecular complexity index is 346. The van der Waals surface area contributed by atoms with Crippen molar-refractivity contribution in [1.29, 1.82) is 0 Å². The number of hydrogen-bond donors (Lipinski definition) is 0. The summed E-state index contributed by atoms with van der Waals surface area (Å²) in [6.45, 7) is 0.377. The summed E-state index contributed by atoms with van der Waals surface area (Å²) in [6, 6.07) is 3.92. The Kier molecular flexibility index (Phi) is 3.88. The first kappa shape index (κ1) is 11.5. The zero-order chi connectivity index (χ0) is 11.4. The molecule has 0 aliphatic heterocycles. The van der Waals surface area contributed by atoms with Crippen molar-refractivity contribution in [3.05, 3.63) is 35.4 Å². The van der Waals surface area contributed by atoms with Crippen LogP contribution < -0.4 is 0 Å². The van der Waals surface area contributed by atoms with Crippen molar-refractivity contribution in [2.75, 3.05) is 0 Å². The van der Waals surface area contributed by atoms with Crippen molar-refractivity contribution < 1.29 is 13.5 Å². The van der Waals surface area contributed by atoms with Crippen LogP contribution in [0.5, 0.6) is 0 Å². The zero-order valence-corrected chi connectivity index (χ0v) is 9.22. The van der Waals surface area contributed by atoms with E-state index in [1.807, 2.05) is 0 Å². The summed E-state index contributed by atoms with van der Waals surface area (Å²) in [7, 11) is 0. The second-order valence-corrected chi connectivity index (χ2v) is 4.32. The van der Waals surface area contributed by atoms with Crippen molar-refractivity contribution in [3.8, 4) is 0 Å². The predicted molar refractivity (Wildman–Crippen MR) is 58.0 cm³/mol. The summed E-state index contributed by atoms with van der Waals surface area (Å²) >= 11 is 0. The third-order valence-corrected chi connectivity index (χ3v) is 3.02. The van der Waals surface area contributed by atoms with Gasteiger partial charge in [0.25, 0.3) is 0 Å². The molecule has 0 amide bonds. The first-order chi connectivity index (χ1) is 7.75. The summed E-state index contributed by atoms with van der Waals surface area (Å²) in [6.07, 6.45) is 6.17. The molecule has 0 atom stereocenters. The largest absolute Gasteiger partial charge is 0.374 e. The molecule has 3 heteroatoms. The lowest BCUT2D eigenvalue weighted by molar-refractivity contribution is 0.0167. The van der Waals surface area contributed by atoms with Gasteiger partial charge in [0, 0.05) is 0 Å². The van der Waals surface area contributed by atoms with Gasteiger partial charge in [-0.2, -0.15) is 0 Å². The molecule has 0 unspecified atom stereocenters. The Hall–Kier alpha value is -0.960.